The molecule has 0 radical (unpaired) electrons. The minimum atomic E-state index is -0.114. The lowest BCUT2D eigenvalue weighted by atomic mass is 9.90. The van der Waals surface area contributed by atoms with E-state index in [1.807, 2.05) is 6.07 Å². The van der Waals surface area contributed by atoms with Crippen molar-refractivity contribution in [2.75, 3.05) is 43.4 Å². The van der Waals surface area contributed by atoms with E-state index in [-0.39, 0.29) is 18.4 Å². The summed E-state index contributed by atoms with van der Waals surface area (Å²) in [5.74, 6) is 0.948. The van der Waals surface area contributed by atoms with Crippen LogP contribution in [0.5, 0.6) is 0 Å². The van der Waals surface area contributed by atoms with E-state index in [9.17, 15) is 9.59 Å². The summed E-state index contributed by atoms with van der Waals surface area (Å²) >= 11 is 1.43. The van der Waals surface area contributed by atoms with Gasteiger partial charge in [0, 0.05) is 12.7 Å². The van der Waals surface area contributed by atoms with Gasteiger partial charge in [0.25, 0.3) is 0 Å². The average molecular weight is 439 g/mol. The molecule has 0 aliphatic carbocycles. The Balaban J connectivity index is 1.13. The van der Waals surface area contributed by atoms with E-state index in [1.54, 1.807) is 17.2 Å². The number of fused-ring (bicyclic) bond motifs is 1. The van der Waals surface area contributed by atoms with Gasteiger partial charge in [0.2, 0.25) is 11.8 Å². The highest BCUT2D eigenvalue weighted by molar-refractivity contribution is 8.00. The Morgan fingerprint density at radius 3 is 2.74 bits per heavy atom. The van der Waals surface area contributed by atoms with Crippen LogP contribution in [0.1, 0.15) is 24.8 Å². The van der Waals surface area contributed by atoms with Crippen LogP contribution in [0.2, 0.25) is 0 Å². The molecule has 2 aliphatic heterocycles. The zero-order valence-corrected chi connectivity index (χ0v) is 18.7. The molecule has 0 spiro atoms. The lowest BCUT2D eigenvalue weighted by Gasteiger charge is -2.32. The van der Waals surface area contributed by atoms with Gasteiger partial charge in [0.1, 0.15) is 11.6 Å². The van der Waals surface area contributed by atoms with Gasteiger partial charge in [-0.15, -0.1) is 0 Å². The Hall–Kier alpha value is -2.38. The van der Waals surface area contributed by atoms with Crippen LogP contribution >= 0.6 is 11.8 Å². The molecule has 1 aromatic carbocycles. The van der Waals surface area contributed by atoms with Crippen LogP contribution in [0, 0.1) is 5.92 Å². The summed E-state index contributed by atoms with van der Waals surface area (Å²) in [5, 5.41) is 3.79. The highest BCUT2D eigenvalue weighted by Gasteiger charge is 2.27. The Bertz CT molecular complexity index is 884. The number of hydrogen-bond donors (Lipinski definition) is 1. The average Bonchev–Trinajstić information content (AvgIpc) is 2.80. The first-order valence-electron chi connectivity index (χ1n) is 11.1. The zero-order chi connectivity index (χ0) is 21.5. The number of aromatic nitrogens is 1. The number of benzene rings is 1. The first-order chi connectivity index (χ1) is 15.2. The molecule has 7 heteroatoms. The van der Waals surface area contributed by atoms with Crippen molar-refractivity contribution in [1.82, 2.24) is 15.2 Å². The maximum atomic E-state index is 12.4. The van der Waals surface area contributed by atoms with E-state index in [2.05, 4.69) is 45.5 Å². The lowest BCUT2D eigenvalue weighted by Crippen LogP contribution is -2.44. The Kier molecular flexibility index (Phi) is 7.59. The van der Waals surface area contributed by atoms with Gasteiger partial charge < -0.3 is 10.2 Å². The van der Waals surface area contributed by atoms with Crippen molar-refractivity contribution in [2.24, 2.45) is 5.92 Å². The second-order valence-electron chi connectivity index (χ2n) is 8.27. The summed E-state index contributed by atoms with van der Waals surface area (Å²) in [6.45, 7) is 3.97. The van der Waals surface area contributed by atoms with E-state index in [0.29, 0.717) is 12.3 Å². The van der Waals surface area contributed by atoms with Crippen molar-refractivity contribution >= 4 is 29.3 Å². The topological polar surface area (TPSA) is 65.5 Å². The maximum absolute atomic E-state index is 12.4. The van der Waals surface area contributed by atoms with Crippen molar-refractivity contribution in [3.05, 3.63) is 54.2 Å². The number of nitrogens with zero attached hydrogens (tertiary/aromatic N) is 3. The normalized spacial score (nSPS) is 17.4. The van der Waals surface area contributed by atoms with Gasteiger partial charge in [-0.25, -0.2) is 4.98 Å². The molecule has 1 aromatic heterocycles. The molecule has 0 bridgehead atoms. The third kappa shape index (κ3) is 6.08. The molecule has 2 amide bonds. The van der Waals surface area contributed by atoms with E-state index >= 15 is 0 Å². The number of carbonyl (C=O) groups excluding carboxylic acids is 2. The van der Waals surface area contributed by atoms with Gasteiger partial charge >= 0.3 is 0 Å². The first kappa shape index (κ1) is 21.8. The molecule has 2 aliphatic rings. The number of amides is 2. The molecule has 0 saturated carbocycles. The van der Waals surface area contributed by atoms with E-state index in [1.165, 1.54) is 36.6 Å². The fourth-order valence-electron chi connectivity index (χ4n) is 4.31. The number of nitrogens with one attached hydrogen (secondary N) is 1. The summed E-state index contributed by atoms with van der Waals surface area (Å²) in [6.07, 6.45) is 6.30. The molecule has 6 nitrogen and oxygen atoms in total. The van der Waals surface area contributed by atoms with Crippen molar-refractivity contribution in [3.63, 3.8) is 0 Å². The molecule has 1 N–H and O–H groups in total. The highest BCUT2D eigenvalue weighted by Crippen LogP contribution is 2.32. The minimum Gasteiger partial charge on any atom is -0.355 e. The number of hydrogen-bond acceptors (Lipinski definition) is 5. The van der Waals surface area contributed by atoms with E-state index in [4.69, 9.17) is 0 Å². The number of likely N-dealkylation sites (tertiary alicyclic amines) is 1. The number of anilines is 1. The van der Waals surface area contributed by atoms with Crippen LogP contribution in [0.3, 0.4) is 0 Å². The third-order valence-electron chi connectivity index (χ3n) is 6.02. The van der Waals surface area contributed by atoms with Gasteiger partial charge in [0.15, 0.2) is 0 Å². The van der Waals surface area contributed by atoms with Crippen LogP contribution in [-0.2, 0) is 16.0 Å². The van der Waals surface area contributed by atoms with E-state index in [0.717, 1.165) is 42.7 Å². The first-order valence-corrected chi connectivity index (χ1v) is 12.1. The quantitative estimate of drug-likeness (QED) is 0.642. The molecular formula is C24H30N4O2S. The summed E-state index contributed by atoms with van der Waals surface area (Å²) < 4.78 is 0. The fourth-order valence-corrected chi connectivity index (χ4v) is 5.18. The highest BCUT2D eigenvalue weighted by atomic mass is 32.2. The smallest absolute Gasteiger partial charge is 0.240 e. The minimum absolute atomic E-state index is 0.0426. The molecule has 164 valence electrons. The van der Waals surface area contributed by atoms with Gasteiger partial charge in [-0.3, -0.25) is 14.5 Å². The lowest BCUT2D eigenvalue weighted by molar-refractivity contribution is -0.123. The molecule has 3 heterocycles. The molecule has 31 heavy (non-hydrogen) atoms. The van der Waals surface area contributed by atoms with Crippen LogP contribution in [0.4, 0.5) is 5.69 Å². The summed E-state index contributed by atoms with van der Waals surface area (Å²) in [4.78, 5) is 33.0. The Morgan fingerprint density at radius 1 is 1.13 bits per heavy atom. The van der Waals surface area contributed by atoms with Crippen molar-refractivity contribution in [3.8, 4) is 0 Å². The standard InChI is InChI=1S/C24H30N4O2S/c29-22(17-28-21-8-4-11-26-24(21)31-18-23(28)30)25-12-5-13-27-14-9-20(10-15-27)16-19-6-2-1-3-7-19/h1-4,6-8,11,20H,5,9-10,12-18H2,(H,25,29). The molecule has 0 unspecified atom stereocenters. The Labute approximate surface area is 188 Å². The largest absolute Gasteiger partial charge is 0.355 e. The number of rotatable bonds is 8. The second kappa shape index (κ2) is 10.8. The predicted molar refractivity (Wildman–Crippen MR) is 124 cm³/mol. The molecule has 1 fully saturated rings. The fraction of sp³-hybridized carbons (Fsp3) is 0.458. The van der Waals surface area contributed by atoms with Crippen molar-refractivity contribution < 1.29 is 9.59 Å². The zero-order valence-electron chi connectivity index (χ0n) is 17.8. The SMILES string of the molecule is O=C(CN1C(=O)CSc2ncccc21)NCCCN1CCC(Cc2ccccc2)CC1. The van der Waals surface area contributed by atoms with Crippen LogP contribution in [-0.4, -0.2) is 60.2 Å². The molecule has 1 saturated heterocycles. The number of pyridine rings is 1. The van der Waals surface area contributed by atoms with Crippen LogP contribution in [0.25, 0.3) is 0 Å². The van der Waals surface area contributed by atoms with Crippen molar-refractivity contribution in [2.45, 2.75) is 30.7 Å². The van der Waals surface area contributed by atoms with Crippen LogP contribution in [0.15, 0.2) is 53.7 Å². The molecule has 0 atom stereocenters. The van der Waals surface area contributed by atoms with Crippen LogP contribution < -0.4 is 10.2 Å². The van der Waals surface area contributed by atoms with Gasteiger partial charge in [0.05, 0.1) is 11.4 Å². The Morgan fingerprint density at radius 2 is 1.94 bits per heavy atom. The molecule has 4 rings (SSSR count). The molecule has 2 aromatic rings. The number of carbonyl (C=O) groups is 2. The van der Waals surface area contributed by atoms with Crippen molar-refractivity contribution in [1.29, 1.82) is 0 Å². The van der Waals surface area contributed by atoms with E-state index < -0.39 is 0 Å². The summed E-state index contributed by atoms with van der Waals surface area (Å²) in [5.41, 5.74) is 2.17. The number of thioether (sulfide) groups is 1. The third-order valence-corrected chi connectivity index (χ3v) is 7.00. The summed E-state index contributed by atoms with van der Waals surface area (Å²) in [7, 11) is 0. The van der Waals surface area contributed by atoms with Gasteiger partial charge in [-0.05, 0) is 68.9 Å². The van der Waals surface area contributed by atoms with Gasteiger partial charge in [-0.2, -0.15) is 0 Å². The summed E-state index contributed by atoms with van der Waals surface area (Å²) in [6, 6.07) is 14.4. The molecular weight excluding hydrogens is 408 g/mol. The predicted octanol–water partition coefficient (Wildman–Crippen LogP) is 2.98. The maximum Gasteiger partial charge on any atom is 0.240 e. The second-order valence-corrected chi connectivity index (χ2v) is 9.24. The van der Waals surface area contributed by atoms with Gasteiger partial charge in [-0.1, -0.05) is 42.1 Å². The number of piperidine rings is 1. The monoisotopic (exact) mass is 438 g/mol.